The van der Waals surface area contributed by atoms with Crippen molar-refractivity contribution in [3.05, 3.63) is 11.6 Å². The van der Waals surface area contributed by atoms with Crippen LogP contribution in [-0.2, 0) is 4.79 Å². The van der Waals surface area contributed by atoms with E-state index in [9.17, 15) is 9.90 Å². The van der Waals surface area contributed by atoms with E-state index in [1.54, 1.807) is 6.92 Å². The van der Waals surface area contributed by atoms with Crippen molar-refractivity contribution in [2.45, 2.75) is 71.9 Å². The van der Waals surface area contributed by atoms with Gasteiger partial charge in [0.25, 0.3) is 0 Å². The third kappa shape index (κ3) is 2.64. The first-order valence-electron chi connectivity index (χ1n) is 10.0. The lowest BCUT2D eigenvalue weighted by atomic mass is 9.47. The fourth-order valence-corrected chi connectivity index (χ4v) is 10.1. The van der Waals surface area contributed by atoms with Crippen LogP contribution in [0.2, 0.25) is 0 Å². The second kappa shape index (κ2) is 6.64. The van der Waals surface area contributed by atoms with Gasteiger partial charge >= 0.3 is 0 Å². The topological polar surface area (TPSA) is 37.3 Å². The zero-order chi connectivity index (χ0) is 20.0. The van der Waals surface area contributed by atoms with E-state index in [1.807, 2.05) is 0 Å². The van der Waals surface area contributed by atoms with Crippen molar-refractivity contribution in [3.8, 4) is 0 Å². The van der Waals surface area contributed by atoms with Gasteiger partial charge in [0.2, 0.25) is 0 Å². The predicted octanol–water partition coefficient (Wildman–Crippen LogP) is 6.71. The van der Waals surface area contributed by atoms with Crippen LogP contribution in [0.5, 0.6) is 0 Å². The molecule has 0 bridgehead atoms. The second-order valence-corrected chi connectivity index (χ2v) is 16.8. The summed E-state index contributed by atoms with van der Waals surface area (Å²) in [4.78, 5) is 12.3. The van der Waals surface area contributed by atoms with Crippen molar-refractivity contribution in [2.75, 3.05) is 0 Å². The van der Waals surface area contributed by atoms with Crippen LogP contribution in [0, 0.1) is 34.5 Å². The van der Waals surface area contributed by atoms with Crippen LogP contribution in [0.3, 0.4) is 0 Å². The van der Waals surface area contributed by atoms with Crippen LogP contribution in [0.4, 0.5) is 0 Å². The van der Waals surface area contributed by atoms with Crippen LogP contribution in [0.25, 0.3) is 0 Å². The first-order valence-corrected chi connectivity index (χ1v) is 13.2. The number of aliphatic hydroxyl groups is 1. The molecule has 4 aliphatic rings. The maximum atomic E-state index is 12.3. The molecule has 0 saturated heterocycles. The smallest absolute Gasteiger partial charge is 0.133 e. The fourth-order valence-electron chi connectivity index (χ4n) is 7.35. The number of hydrogen-bond acceptors (Lipinski definition) is 2. The summed E-state index contributed by atoms with van der Waals surface area (Å²) >= 11 is 15.6. The Kier molecular flexibility index (Phi) is 5.29. The molecule has 4 aliphatic carbocycles. The van der Waals surface area contributed by atoms with Gasteiger partial charge in [0, 0.05) is 11.3 Å². The number of carbonyl (C=O) groups excluding carboxylic acids is 1. The largest absolute Gasteiger partial charge is 0.390 e. The van der Waals surface area contributed by atoms with Crippen LogP contribution in [0.15, 0.2) is 11.6 Å². The van der Waals surface area contributed by atoms with Gasteiger partial charge < -0.3 is 5.11 Å². The molecule has 2 nitrogen and oxygen atoms in total. The minimum atomic E-state index is -0.640. The van der Waals surface area contributed by atoms with Gasteiger partial charge in [-0.1, -0.05) is 89.2 Å². The third-order valence-electron chi connectivity index (χ3n) is 8.88. The lowest BCUT2D eigenvalue weighted by Crippen LogP contribution is -2.64. The Labute approximate surface area is 196 Å². The number of halogens is 4. The van der Waals surface area contributed by atoms with E-state index >= 15 is 0 Å². The number of ketones is 1. The summed E-state index contributed by atoms with van der Waals surface area (Å²) in [6, 6.07) is 0. The molecule has 7 atom stereocenters. The molecule has 1 N–H and O–H groups in total. The molecular weight excluding hydrogens is 604 g/mol. The van der Waals surface area contributed by atoms with Gasteiger partial charge in [0.05, 0.1) is 6.10 Å². The Morgan fingerprint density at radius 2 is 1.78 bits per heavy atom. The summed E-state index contributed by atoms with van der Waals surface area (Å²) in [5.74, 6) is 2.36. The number of Topliss-reactive ketones (excluding diaryl/α,β-unsaturated/α-hetero) is 1. The molecule has 27 heavy (non-hydrogen) atoms. The summed E-state index contributed by atoms with van der Waals surface area (Å²) in [5, 5.41) is 10.8. The summed E-state index contributed by atoms with van der Waals surface area (Å²) in [6.07, 6.45) is 8.16. The highest BCUT2D eigenvalue weighted by atomic mass is 79.9. The molecule has 6 heteroatoms. The van der Waals surface area contributed by atoms with Gasteiger partial charge in [0.1, 0.15) is 12.3 Å². The lowest BCUT2D eigenvalue weighted by Gasteiger charge is -2.64. The highest BCUT2D eigenvalue weighted by molar-refractivity contribution is 9.30. The van der Waals surface area contributed by atoms with Gasteiger partial charge in [-0.25, -0.2) is 0 Å². The fraction of sp³-hybridized carbons (Fsp3) is 0.857. The second-order valence-electron chi connectivity index (χ2n) is 9.75. The lowest BCUT2D eigenvalue weighted by molar-refractivity contribution is -0.127. The number of rotatable bonds is 1. The standard InChI is InChI=1S/C21H28Br4O2/c1-11(26)14-6-7-15-13-5-4-12-10-17(27)20(22,23)21(24,25)19(12,3)16(13)8-9-18(14,15)2/h4,13-17,27H,5-10H2,1-3H3/t13-,14+,15-,16-,17?,18+,19-/m0/s1. The number of hydrogen-bond donors (Lipinski definition) is 1. The Morgan fingerprint density at radius 1 is 1.11 bits per heavy atom. The van der Waals surface area contributed by atoms with E-state index in [1.165, 1.54) is 12.0 Å². The van der Waals surface area contributed by atoms with Crippen LogP contribution >= 0.6 is 63.7 Å². The summed E-state index contributed by atoms with van der Waals surface area (Å²) in [6.45, 7) is 6.54. The number of aliphatic hydroxyl groups excluding tert-OH is 1. The first-order chi connectivity index (χ1) is 12.4. The molecule has 152 valence electrons. The Morgan fingerprint density at radius 3 is 2.41 bits per heavy atom. The molecule has 0 aromatic heterocycles. The minimum Gasteiger partial charge on any atom is -0.390 e. The number of carbonyl (C=O) groups is 1. The molecule has 0 aromatic carbocycles. The van der Waals surface area contributed by atoms with Crippen LogP contribution in [0.1, 0.15) is 59.3 Å². The van der Waals surface area contributed by atoms with Crippen LogP contribution in [-0.4, -0.2) is 23.5 Å². The van der Waals surface area contributed by atoms with Gasteiger partial charge in [-0.15, -0.1) is 0 Å². The summed E-state index contributed by atoms with van der Waals surface area (Å²) < 4.78 is -1.14. The van der Waals surface area contributed by atoms with E-state index in [2.05, 4.69) is 83.6 Å². The summed E-state index contributed by atoms with van der Waals surface area (Å²) in [5.41, 5.74) is 1.41. The van der Waals surface area contributed by atoms with E-state index in [4.69, 9.17) is 0 Å². The molecule has 0 radical (unpaired) electrons. The molecule has 0 amide bonds. The van der Waals surface area contributed by atoms with Crippen molar-refractivity contribution in [1.29, 1.82) is 0 Å². The normalized spacial score (nSPS) is 50.2. The highest BCUT2D eigenvalue weighted by Gasteiger charge is 2.70. The predicted molar refractivity (Wildman–Crippen MR) is 124 cm³/mol. The third-order valence-corrected chi connectivity index (χ3v) is 16.1. The first kappa shape index (κ1) is 21.5. The number of allylic oxidation sites excluding steroid dienone is 1. The maximum absolute atomic E-state index is 12.3. The van der Waals surface area contributed by atoms with E-state index in [0.717, 1.165) is 25.7 Å². The number of fused-ring (bicyclic) bond motifs is 5. The van der Waals surface area contributed by atoms with E-state index in [0.29, 0.717) is 30.0 Å². The van der Waals surface area contributed by atoms with Crippen LogP contribution < -0.4 is 0 Å². The molecular formula is C21H28Br4O2. The number of alkyl halides is 4. The van der Waals surface area contributed by atoms with Gasteiger partial charge in [0.15, 0.2) is 0 Å². The average Bonchev–Trinajstić information content (AvgIpc) is 2.93. The summed E-state index contributed by atoms with van der Waals surface area (Å²) in [7, 11) is 0. The average molecular weight is 632 g/mol. The van der Waals surface area contributed by atoms with Crippen molar-refractivity contribution >= 4 is 69.5 Å². The Balaban J connectivity index is 1.77. The van der Waals surface area contributed by atoms with Gasteiger partial charge in [-0.2, -0.15) is 0 Å². The van der Waals surface area contributed by atoms with E-state index in [-0.39, 0.29) is 16.7 Å². The molecule has 0 spiro atoms. The monoisotopic (exact) mass is 628 g/mol. The Bertz CT molecular complexity index is 702. The molecule has 3 fully saturated rings. The molecule has 0 aliphatic heterocycles. The molecule has 1 unspecified atom stereocenters. The Hall–Kier alpha value is 1.29. The van der Waals surface area contributed by atoms with Crippen molar-refractivity contribution in [3.63, 3.8) is 0 Å². The zero-order valence-corrected chi connectivity index (χ0v) is 22.4. The minimum absolute atomic E-state index is 0.113. The molecule has 0 aromatic rings. The molecule has 4 rings (SSSR count). The van der Waals surface area contributed by atoms with Gasteiger partial charge in [-0.05, 0) is 68.6 Å². The van der Waals surface area contributed by atoms with E-state index < -0.39 is 12.6 Å². The van der Waals surface area contributed by atoms with Crippen molar-refractivity contribution < 1.29 is 9.90 Å². The van der Waals surface area contributed by atoms with Crippen molar-refractivity contribution in [1.82, 2.24) is 0 Å². The quantitative estimate of drug-likeness (QED) is 0.258. The zero-order valence-electron chi connectivity index (χ0n) is 16.1. The maximum Gasteiger partial charge on any atom is 0.133 e. The molecule has 0 heterocycles. The molecule has 3 saturated carbocycles. The van der Waals surface area contributed by atoms with Gasteiger partial charge in [-0.3, -0.25) is 4.79 Å². The SMILES string of the molecule is CC(=O)[C@H]1CC[C@H]2[C@@H]3CC=C4CC(O)C(Br)(Br)C(Br)(Br)[C@]4(C)[C@H]3CC[C@]12C. The highest BCUT2D eigenvalue weighted by Crippen LogP contribution is 2.74. The van der Waals surface area contributed by atoms with Crippen molar-refractivity contribution in [2.24, 2.45) is 34.5 Å².